The van der Waals surface area contributed by atoms with Crippen LogP contribution in [0.1, 0.15) is 5.56 Å². The van der Waals surface area contributed by atoms with Crippen molar-refractivity contribution in [2.75, 3.05) is 18.2 Å². The number of pyridine rings is 1. The molecule has 2 rings (SSSR count). The van der Waals surface area contributed by atoms with E-state index in [4.69, 9.17) is 22.1 Å². The second-order valence-corrected chi connectivity index (χ2v) is 4.36. The van der Waals surface area contributed by atoms with E-state index < -0.39 is 0 Å². The number of nitrogens with one attached hydrogen (secondary N) is 1. The van der Waals surface area contributed by atoms with Crippen LogP contribution in [0.15, 0.2) is 30.5 Å². The van der Waals surface area contributed by atoms with Crippen molar-refractivity contribution in [1.29, 1.82) is 0 Å². The van der Waals surface area contributed by atoms with E-state index in [1.807, 2.05) is 25.1 Å². The van der Waals surface area contributed by atoms with Crippen LogP contribution < -0.4 is 15.8 Å². The molecule has 2 aromatic rings. The topological polar surface area (TPSA) is 60.2 Å². The second kappa shape index (κ2) is 5.14. The molecule has 0 aliphatic rings. The largest absolute Gasteiger partial charge is 0.495 e. The summed E-state index contributed by atoms with van der Waals surface area (Å²) in [4.78, 5) is 4.15. The van der Waals surface area contributed by atoms with E-state index in [9.17, 15) is 0 Å². The first-order valence-corrected chi connectivity index (χ1v) is 5.80. The molecular formula is C13H14ClN3O. The van der Waals surface area contributed by atoms with Gasteiger partial charge in [0, 0.05) is 6.20 Å². The van der Waals surface area contributed by atoms with Gasteiger partial charge in [0.15, 0.2) is 5.82 Å². The number of hydrogen-bond acceptors (Lipinski definition) is 4. The van der Waals surface area contributed by atoms with Gasteiger partial charge in [0.2, 0.25) is 0 Å². The van der Waals surface area contributed by atoms with Crippen molar-refractivity contribution in [2.45, 2.75) is 6.92 Å². The number of aryl methyl sites for hydroxylation is 1. The Morgan fingerprint density at radius 2 is 2.11 bits per heavy atom. The highest BCUT2D eigenvalue weighted by atomic mass is 35.5. The summed E-state index contributed by atoms with van der Waals surface area (Å²) in [7, 11) is 1.62. The predicted octanol–water partition coefficient (Wildman–Crippen LogP) is 3.38. The van der Waals surface area contributed by atoms with Gasteiger partial charge < -0.3 is 15.8 Å². The van der Waals surface area contributed by atoms with E-state index >= 15 is 0 Å². The zero-order chi connectivity index (χ0) is 13.1. The van der Waals surface area contributed by atoms with Gasteiger partial charge in [-0.2, -0.15) is 0 Å². The molecule has 94 valence electrons. The number of nitrogens with two attached hydrogens (primary N) is 1. The average Bonchev–Trinajstić information content (AvgIpc) is 2.33. The molecule has 0 unspecified atom stereocenters. The van der Waals surface area contributed by atoms with Gasteiger partial charge >= 0.3 is 0 Å². The summed E-state index contributed by atoms with van der Waals surface area (Å²) in [5.41, 5.74) is 8.28. The highest BCUT2D eigenvalue weighted by Gasteiger charge is 2.07. The Morgan fingerprint density at radius 1 is 1.33 bits per heavy atom. The van der Waals surface area contributed by atoms with Crippen molar-refractivity contribution in [3.63, 3.8) is 0 Å². The summed E-state index contributed by atoms with van der Waals surface area (Å²) in [6, 6.07) is 7.49. The molecule has 0 aliphatic heterocycles. The number of hydrogen-bond donors (Lipinski definition) is 2. The number of benzene rings is 1. The van der Waals surface area contributed by atoms with Crippen LogP contribution in [-0.2, 0) is 0 Å². The lowest BCUT2D eigenvalue weighted by molar-refractivity contribution is 0.416. The lowest BCUT2D eigenvalue weighted by atomic mass is 10.2. The first kappa shape index (κ1) is 12.5. The predicted molar refractivity (Wildman–Crippen MR) is 74.7 cm³/mol. The van der Waals surface area contributed by atoms with Crippen LogP contribution in [0.4, 0.5) is 17.2 Å². The van der Waals surface area contributed by atoms with Crippen molar-refractivity contribution < 1.29 is 4.74 Å². The number of halogens is 1. The van der Waals surface area contributed by atoms with Crippen LogP contribution in [0.3, 0.4) is 0 Å². The Hall–Kier alpha value is -1.94. The van der Waals surface area contributed by atoms with Crippen molar-refractivity contribution >= 4 is 28.8 Å². The third-order valence-corrected chi connectivity index (χ3v) is 2.70. The molecule has 5 heteroatoms. The molecule has 0 saturated carbocycles. The molecule has 3 N–H and O–H groups in total. The standard InChI is InChI=1S/C13H14ClN3O/c1-8-3-4-12(18-2)11(5-8)17-13-10(15)6-9(14)7-16-13/h3-7H,15H2,1-2H3,(H,16,17). The minimum atomic E-state index is 0.492. The van der Waals surface area contributed by atoms with Gasteiger partial charge in [-0.15, -0.1) is 0 Å². The Morgan fingerprint density at radius 3 is 2.78 bits per heavy atom. The maximum Gasteiger partial charge on any atom is 0.153 e. The zero-order valence-corrected chi connectivity index (χ0v) is 11.0. The van der Waals surface area contributed by atoms with Crippen molar-refractivity contribution in [3.8, 4) is 5.75 Å². The number of anilines is 3. The molecule has 0 saturated heterocycles. The van der Waals surface area contributed by atoms with Crippen molar-refractivity contribution in [1.82, 2.24) is 4.98 Å². The van der Waals surface area contributed by atoms with E-state index in [0.717, 1.165) is 17.0 Å². The first-order chi connectivity index (χ1) is 8.60. The molecule has 18 heavy (non-hydrogen) atoms. The summed E-state index contributed by atoms with van der Waals surface area (Å²) >= 11 is 5.81. The molecule has 0 aliphatic carbocycles. The van der Waals surface area contributed by atoms with Crippen LogP contribution in [-0.4, -0.2) is 12.1 Å². The SMILES string of the molecule is COc1ccc(C)cc1Nc1ncc(Cl)cc1N. The summed E-state index contributed by atoms with van der Waals surface area (Å²) < 4.78 is 5.28. The maximum absolute atomic E-state index is 5.85. The van der Waals surface area contributed by atoms with E-state index in [2.05, 4.69) is 10.3 Å². The fourth-order valence-electron chi connectivity index (χ4n) is 1.61. The quantitative estimate of drug-likeness (QED) is 0.891. The molecule has 4 nitrogen and oxygen atoms in total. The van der Waals surface area contributed by atoms with E-state index in [1.54, 1.807) is 19.4 Å². The third kappa shape index (κ3) is 2.65. The third-order valence-electron chi connectivity index (χ3n) is 2.49. The fraction of sp³-hybridized carbons (Fsp3) is 0.154. The number of nitrogen functional groups attached to an aromatic ring is 1. The summed E-state index contributed by atoms with van der Waals surface area (Å²) in [5.74, 6) is 1.29. The van der Waals surface area contributed by atoms with Crippen LogP contribution in [0.2, 0.25) is 5.02 Å². The highest BCUT2D eigenvalue weighted by Crippen LogP contribution is 2.30. The Bertz CT molecular complexity index is 572. The molecule has 1 aromatic carbocycles. The molecule has 1 heterocycles. The molecule has 1 aromatic heterocycles. The normalized spacial score (nSPS) is 10.2. The van der Waals surface area contributed by atoms with Gasteiger partial charge in [-0.1, -0.05) is 17.7 Å². The monoisotopic (exact) mass is 263 g/mol. The minimum Gasteiger partial charge on any atom is -0.495 e. The van der Waals surface area contributed by atoms with Gasteiger partial charge in [0.25, 0.3) is 0 Å². The molecular weight excluding hydrogens is 250 g/mol. The Balaban J connectivity index is 2.36. The van der Waals surface area contributed by atoms with E-state index in [-0.39, 0.29) is 0 Å². The Kier molecular flexibility index (Phi) is 3.58. The van der Waals surface area contributed by atoms with Crippen LogP contribution >= 0.6 is 11.6 Å². The van der Waals surface area contributed by atoms with Gasteiger partial charge in [-0.25, -0.2) is 4.98 Å². The fourth-order valence-corrected chi connectivity index (χ4v) is 1.77. The van der Waals surface area contributed by atoms with Gasteiger partial charge in [0.05, 0.1) is 23.5 Å². The van der Waals surface area contributed by atoms with Crippen LogP contribution in [0.5, 0.6) is 5.75 Å². The van der Waals surface area contributed by atoms with E-state index in [0.29, 0.717) is 16.5 Å². The van der Waals surface area contributed by atoms with Gasteiger partial charge in [-0.3, -0.25) is 0 Å². The minimum absolute atomic E-state index is 0.492. The lowest BCUT2D eigenvalue weighted by Crippen LogP contribution is -2.01. The number of nitrogens with zero attached hydrogens (tertiary/aromatic N) is 1. The molecule has 0 bridgehead atoms. The lowest BCUT2D eigenvalue weighted by Gasteiger charge is -2.12. The van der Waals surface area contributed by atoms with Crippen LogP contribution in [0, 0.1) is 6.92 Å². The average molecular weight is 264 g/mol. The molecule has 0 atom stereocenters. The molecule has 0 spiro atoms. The summed E-state index contributed by atoms with van der Waals surface area (Å²) in [6.07, 6.45) is 1.54. The maximum atomic E-state index is 5.85. The van der Waals surface area contributed by atoms with Crippen LogP contribution in [0.25, 0.3) is 0 Å². The number of aromatic nitrogens is 1. The van der Waals surface area contributed by atoms with Crippen molar-refractivity contribution in [2.24, 2.45) is 0 Å². The highest BCUT2D eigenvalue weighted by molar-refractivity contribution is 6.30. The number of rotatable bonds is 3. The second-order valence-electron chi connectivity index (χ2n) is 3.92. The van der Waals surface area contributed by atoms with Crippen molar-refractivity contribution in [3.05, 3.63) is 41.0 Å². The summed E-state index contributed by atoms with van der Waals surface area (Å²) in [5, 5.41) is 3.65. The summed E-state index contributed by atoms with van der Waals surface area (Å²) in [6.45, 7) is 2.00. The molecule has 0 fully saturated rings. The molecule has 0 amide bonds. The van der Waals surface area contributed by atoms with E-state index in [1.165, 1.54) is 0 Å². The molecule has 0 radical (unpaired) electrons. The Labute approximate surface area is 111 Å². The van der Waals surface area contributed by atoms with Gasteiger partial charge in [-0.05, 0) is 30.7 Å². The smallest absolute Gasteiger partial charge is 0.153 e. The van der Waals surface area contributed by atoms with Gasteiger partial charge in [0.1, 0.15) is 5.75 Å². The number of methoxy groups -OCH3 is 1. The number of ether oxygens (including phenoxy) is 1. The first-order valence-electron chi connectivity index (χ1n) is 5.43. The zero-order valence-electron chi connectivity index (χ0n) is 10.2.